The summed E-state index contributed by atoms with van der Waals surface area (Å²) in [5, 5.41) is 44.3. The van der Waals surface area contributed by atoms with Gasteiger partial charge in [-0.25, -0.2) is 0 Å². The highest BCUT2D eigenvalue weighted by molar-refractivity contribution is 5.34. The monoisotopic (exact) mass is 1910 g/mol. The number of phenolic OH excluding ortho intramolecular Hbond substituents is 5. The van der Waals surface area contributed by atoms with E-state index in [9.17, 15) is 0 Å². The van der Waals surface area contributed by atoms with Crippen molar-refractivity contribution >= 4 is 0 Å². The Morgan fingerprint density at radius 2 is 0.468 bits per heavy atom. The molecule has 5 unspecified atom stereocenters. The molecule has 0 aliphatic heterocycles. The molecule has 0 spiro atoms. The standard InChI is InChI=1S/2C19H30O2.C17H26O2.C16H26O2.C13H20O2.5C8H10O/c1-5-15-11-13-17(14-12-15)21-18(19(2,3)4)20-16-9-7-6-8-10-16;1-3-16-10-12-18(13-11-16)21-19(4-2)20-15-14-17-8-6-5-7-9-17;1-3-14-10-12-16(13-11-14)19-17(4-2)18-15-8-6-5-7-9-15;1-7-13-8-10-14(11-9-13)18-15(16(4,5)6)17-12(2)3;1-4-11-7-9-12(10-8-11)15-13(5-2)14-6-3;5*1-2-7-3-5-8(9)6-4-7/h11-14,16,18H,5-10H2,1-4H3;10-13,17,19H,3-9,14-15H2,1-2H3;10-13,15,17H,3-9H2,1-2H3;8-12,15H,7H2,1-6H3;7-10,13H,4-6H2,1-3H3;5*3-6,9H,2H2,1H3. The minimum atomic E-state index is -0.232. The molecule has 0 amide bonds. The first-order chi connectivity index (χ1) is 66.9. The molecule has 15 nitrogen and oxygen atoms in total. The Hall–Kier alpha value is -10.0. The van der Waals surface area contributed by atoms with Crippen molar-refractivity contribution in [2.24, 2.45) is 16.7 Å². The van der Waals surface area contributed by atoms with Crippen molar-refractivity contribution in [2.75, 3.05) is 13.2 Å². The second kappa shape index (κ2) is 71.4. The van der Waals surface area contributed by atoms with Crippen molar-refractivity contribution in [3.8, 4) is 57.5 Å². The maximum Gasteiger partial charge on any atom is 0.204 e. The van der Waals surface area contributed by atoms with Gasteiger partial charge in [0.05, 0.1) is 24.9 Å². The van der Waals surface area contributed by atoms with Gasteiger partial charge in [-0.05, 0) is 300 Å². The molecule has 3 saturated carbocycles. The summed E-state index contributed by atoms with van der Waals surface area (Å²) in [6.45, 7) is 48.0. The van der Waals surface area contributed by atoms with Gasteiger partial charge in [-0.1, -0.05) is 324 Å². The highest BCUT2D eigenvalue weighted by atomic mass is 16.7. The SMILES string of the molecule is CCOC(CC)Oc1ccc(CC)cc1.CCc1ccc(O)cc1.CCc1ccc(O)cc1.CCc1ccc(O)cc1.CCc1ccc(O)cc1.CCc1ccc(O)cc1.CCc1ccc(OC(CC)OC2CCCCC2)cc1.CCc1ccc(OC(CC)OCCC2CCCCC2)cc1.CCc1ccc(OC(OC(C)C)C(C)(C)C)cc1.CCc1ccc(OC(OC2CCCCC2)C(C)(C)C)cc1. The highest BCUT2D eigenvalue weighted by Crippen LogP contribution is 2.34. The number of hydrogen-bond acceptors (Lipinski definition) is 15. The lowest BCUT2D eigenvalue weighted by atomic mass is 9.87. The fourth-order valence-corrected chi connectivity index (χ4v) is 14.9. The summed E-state index contributed by atoms with van der Waals surface area (Å²) in [5.41, 5.74) is 12.9. The van der Waals surface area contributed by atoms with E-state index >= 15 is 0 Å². The normalized spacial score (nSPS) is 14.1. The van der Waals surface area contributed by atoms with Gasteiger partial charge in [0.1, 0.15) is 57.5 Å². The van der Waals surface area contributed by atoms with Gasteiger partial charge >= 0.3 is 0 Å². The molecule has 15 heteroatoms. The third-order valence-corrected chi connectivity index (χ3v) is 24.2. The predicted molar refractivity (Wildman–Crippen MR) is 579 cm³/mol. The van der Waals surface area contributed by atoms with Gasteiger partial charge in [0.15, 0.2) is 18.9 Å². The number of benzene rings is 10. The fourth-order valence-electron chi connectivity index (χ4n) is 14.9. The van der Waals surface area contributed by atoms with Crippen molar-refractivity contribution in [1.29, 1.82) is 0 Å². The average Bonchev–Trinajstić information content (AvgIpc) is 0.884. The minimum Gasteiger partial charge on any atom is -0.508 e. The van der Waals surface area contributed by atoms with Crippen LogP contribution in [0.4, 0.5) is 0 Å². The summed E-state index contributed by atoms with van der Waals surface area (Å²) in [6.07, 6.45) is 34.0. The van der Waals surface area contributed by atoms with E-state index in [1.54, 1.807) is 60.7 Å². The van der Waals surface area contributed by atoms with Crippen molar-refractivity contribution in [2.45, 2.75) is 388 Å². The molecular formula is C124H182O15. The Kier molecular flexibility index (Phi) is 62.3. The molecule has 5 atom stereocenters. The van der Waals surface area contributed by atoms with Crippen LogP contribution in [-0.4, -0.2) is 88.5 Å². The van der Waals surface area contributed by atoms with E-state index in [1.807, 2.05) is 130 Å². The smallest absolute Gasteiger partial charge is 0.204 e. The molecule has 5 N–H and O–H groups in total. The van der Waals surface area contributed by atoms with Crippen LogP contribution >= 0.6 is 0 Å². The lowest BCUT2D eigenvalue weighted by Gasteiger charge is -2.35. The van der Waals surface area contributed by atoms with Crippen LogP contribution in [0, 0.1) is 16.7 Å². The maximum atomic E-state index is 8.85. The largest absolute Gasteiger partial charge is 0.508 e. The van der Waals surface area contributed by atoms with Gasteiger partial charge in [0.2, 0.25) is 12.6 Å². The molecule has 0 bridgehead atoms. The van der Waals surface area contributed by atoms with Gasteiger partial charge < -0.3 is 72.9 Å². The number of hydrogen-bond donors (Lipinski definition) is 5. The summed E-state index contributed by atoms with van der Waals surface area (Å²) in [4.78, 5) is 0. The number of phenols is 5. The number of rotatable bonds is 35. The van der Waals surface area contributed by atoms with Crippen molar-refractivity contribution in [3.63, 3.8) is 0 Å². The van der Waals surface area contributed by atoms with Crippen LogP contribution in [0.5, 0.6) is 57.5 Å². The molecule has 0 radical (unpaired) electrons. The van der Waals surface area contributed by atoms with Gasteiger partial charge in [0.25, 0.3) is 0 Å². The van der Waals surface area contributed by atoms with Crippen molar-refractivity contribution in [1.82, 2.24) is 0 Å². The number of ether oxygens (including phenoxy) is 10. The van der Waals surface area contributed by atoms with Gasteiger partial charge in [-0.15, -0.1) is 0 Å². The van der Waals surface area contributed by atoms with E-state index in [0.29, 0.717) is 47.6 Å². The topological polar surface area (TPSA) is 193 Å². The van der Waals surface area contributed by atoms with Crippen LogP contribution in [0.3, 0.4) is 0 Å². The minimum absolute atomic E-state index is 0.0269. The van der Waals surface area contributed by atoms with E-state index in [-0.39, 0.29) is 48.4 Å². The Balaban J connectivity index is 0.000000328. The average molecular weight is 1910 g/mol. The highest BCUT2D eigenvalue weighted by Gasteiger charge is 2.32. The van der Waals surface area contributed by atoms with Crippen LogP contribution in [0.25, 0.3) is 0 Å². The Morgan fingerprint density at radius 3 is 0.698 bits per heavy atom. The van der Waals surface area contributed by atoms with Gasteiger partial charge in [0, 0.05) is 36.7 Å². The molecule has 3 aliphatic carbocycles. The fraction of sp³-hybridized carbons (Fsp3) is 0.516. The first-order valence-corrected chi connectivity index (χ1v) is 52.7. The Labute approximate surface area is 841 Å². The number of aryl methyl sites for hydroxylation is 10. The van der Waals surface area contributed by atoms with E-state index in [0.717, 1.165) is 125 Å². The van der Waals surface area contributed by atoms with Crippen LogP contribution in [0.2, 0.25) is 0 Å². The van der Waals surface area contributed by atoms with E-state index in [1.165, 1.54) is 158 Å². The lowest BCUT2D eigenvalue weighted by molar-refractivity contribution is -0.177. The quantitative estimate of drug-likeness (QED) is 0.0235. The zero-order valence-corrected chi connectivity index (χ0v) is 89.5. The summed E-state index contributed by atoms with van der Waals surface area (Å²) >= 11 is 0. The molecule has 10 aromatic rings. The van der Waals surface area contributed by atoms with Crippen LogP contribution in [0.1, 0.15) is 330 Å². The molecule has 13 rings (SSSR count). The van der Waals surface area contributed by atoms with Crippen LogP contribution < -0.4 is 23.7 Å². The van der Waals surface area contributed by atoms with Gasteiger partial charge in [-0.2, -0.15) is 0 Å². The molecule has 10 aromatic carbocycles. The first kappa shape index (κ1) is 121. The molecule has 0 aromatic heterocycles. The van der Waals surface area contributed by atoms with Crippen LogP contribution in [-0.2, 0) is 87.9 Å². The molecule has 139 heavy (non-hydrogen) atoms. The summed E-state index contributed by atoms with van der Waals surface area (Å²) < 4.78 is 59.3. The third kappa shape index (κ3) is 54.6. The third-order valence-electron chi connectivity index (χ3n) is 24.2. The molecule has 0 saturated heterocycles. The van der Waals surface area contributed by atoms with Crippen molar-refractivity contribution < 1.29 is 72.9 Å². The van der Waals surface area contributed by atoms with E-state index in [2.05, 4.69) is 204 Å². The second-order valence-electron chi connectivity index (χ2n) is 38.2. The number of aromatic hydroxyl groups is 5. The van der Waals surface area contributed by atoms with E-state index < -0.39 is 0 Å². The predicted octanol–water partition coefficient (Wildman–Crippen LogP) is 33.0. The van der Waals surface area contributed by atoms with Crippen LogP contribution in [0.15, 0.2) is 243 Å². The maximum absolute atomic E-state index is 8.85. The molecule has 768 valence electrons. The van der Waals surface area contributed by atoms with Gasteiger partial charge in [-0.3, -0.25) is 0 Å². The molecular weight excluding hydrogens is 1730 g/mol. The lowest BCUT2D eigenvalue weighted by Crippen LogP contribution is -2.38. The molecule has 3 fully saturated rings. The van der Waals surface area contributed by atoms with Crippen molar-refractivity contribution in [3.05, 3.63) is 298 Å². The zero-order valence-electron chi connectivity index (χ0n) is 89.5. The Bertz CT molecular complexity index is 4320. The second-order valence-corrected chi connectivity index (χ2v) is 38.2. The molecule has 3 aliphatic rings. The zero-order chi connectivity index (χ0) is 102. The molecule has 0 heterocycles. The summed E-state index contributed by atoms with van der Waals surface area (Å²) in [5.74, 6) is 7.06. The summed E-state index contributed by atoms with van der Waals surface area (Å²) in [6, 6.07) is 77.8. The Morgan fingerprint density at radius 1 is 0.252 bits per heavy atom. The van der Waals surface area contributed by atoms with E-state index in [4.69, 9.17) is 72.9 Å². The summed E-state index contributed by atoms with van der Waals surface area (Å²) in [7, 11) is 0. The first-order valence-electron chi connectivity index (χ1n) is 52.7.